The number of benzene rings is 1. The number of carbonyl (C=O) groups is 2. The van der Waals surface area contributed by atoms with Crippen molar-refractivity contribution in [2.45, 2.75) is 38.4 Å². The first-order valence-corrected chi connectivity index (χ1v) is 10.2. The fourth-order valence-electron chi connectivity index (χ4n) is 4.34. The topological polar surface area (TPSA) is 112 Å². The summed E-state index contributed by atoms with van der Waals surface area (Å²) in [6.07, 6.45) is 1.73. The van der Waals surface area contributed by atoms with Crippen LogP contribution in [0.2, 0.25) is 0 Å². The van der Waals surface area contributed by atoms with E-state index in [4.69, 9.17) is 0 Å². The number of aliphatic hydroxyl groups is 1. The minimum absolute atomic E-state index is 0. The minimum atomic E-state index is -1.02. The predicted molar refractivity (Wildman–Crippen MR) is 116 cm³/mol. The van der Waals surface area contributed by atoms with Crippen LogP contribution in [0.25, 0.3) is 0 Å². The van der Waals surface area contributed by atoms with Crippen molar-refractivity contribution in [3.8, 4) is 5.75 Å². The van der Waals surface area contributed by atoms with E-state index < -0.39 is 45.7 Å². The first-order valence-electron chi connectivity index (χ1n) is 10.2. The lowest BCUT2D eigenvalue weighted by Gasteiger charge is -2.39. The molecule has 1 aliphatic heterocycles. The quantitative estimate of drug-likeness (QED) is 0.600. The zero-order valence-corrected chi connectivity index (χ0v) is 18.8. The second-order valence-corrected chi connectivity index (χ2v) is 8.57. The number of carbonyl (C=O) groups excluding carboxylic acids is 2. The van der Waals surface area contributed by atoms with E-state index >= 15 is 0 Å². The van der Waals surface area contributed by atoms with Crippen LogP contribution in [0.4, 0.5) is 8.78 Å². The van der Waals surface area contributed by atoms with Crippen molar-refractivity contribution in [2.75, 3.05) is 13.2 Å². The van der Waals surface area contributed by atoms with Gasteiger partial charge in [-0.15, -0.1) is 12.4 Å². The van der Waals surface area contributed by atoms with Crippen molar-refractivity contribution in [1.82, 2.24) is 14.8 Å². The third-order valence-corrected chi connectivity index (χ3v) is 6.31. The highest BCUT2D eigenvalue weighted by molar-refractivity contribution is 5.99. The number of aliphatic hydroxyl groups excluding tert-OH is 1. The number of hydrogen-bond donors (Lipinski definition) is 3. The average Bonchev–Trinajstić information content (AvgIpc) is 3.45. The first-order chi connectivity index (χ1) is 15.1. The molecule has 1 saturated carbocycles. The Bertz CT molecular complexity index is 1190. The van der Waals surface area contributed by atoms with Gasteiger partial charge in [0.05, 0.1) is 5.54 Å². The molecule has 178 valence electrons. The van der Waals surface area contributed by atoms with Crippen molar-refractivity contribution in [3.05, 3.63) is 63.1 Å². The highest BCUT2D eigenvalue weighted by atomic mass is 35.5. The summed E-state index contributed by atoms with van der Waals surface area (Å²) in [4.78, 5) is 40.0. The Morgan fingerprint density at radius 3 is 2.58 bits per heavy atom. The van der Waals surface area contributed by atoms with Crippen LogP contribution in [0.3, 0.4) is 0 Å². The molecule has 2 amide bonds. The lowest BCUT2D eigenvalue weighted by Crippen LogP contribution is -2.52. The lowest BCUT2D eigenvalue weighted by molar-refractivity contribution is 0.0551. The second kappa shape index (κ2) is 8.75. The normalized spacial score (nSPS) is 21.1. The maximum absolute atomic E-state index is 13.8. The van der Waals surface area contributed by atoms with Gasteiger partial charge >= 0.3 is 0 Å². The molecule has 2 aromatic rings. The molecule has 3 N–H and O–H groups in total. The molecule has 2 atom stereocenters. The van der Waals surface area contributed by atoms with Gasteiger partial charge in [-0.05, 0) is 26.3 Å². The number of halogens is 3. The standard InChI is InChI=1S/C22H23F2N3O5.ClH/c1-11(2)26-10-22(6-13(22)9-28)27-8-15(18(29)19(30)17(27)21(26)32)20(31)25-7-12-3-4-14(23)5-16(12)24;/h3-5,8,11,13,28,30H,6-7,9-10H2,1-2H3,(H,25,31);1H. The molecule has 4 rings (SSSR count). The molecule has 0 saturated heterocycles. The second-order valence-electron chi connectivity index (χ2n) is 8.57. The molecule has 1 aromatic carbocycles. The molecule has 33 heavy (non-hydrogen) atoms. The van der Waals surface area contributed by atoms with E-state index in [9.17, 15) is 33.4 Å². The van der Waals surface area contributed by atoms with E-state index in [-0.39, 0.29) is 55.3 Å². The van der Waals surface area contributed by atoms with Crippen LogP contribution in [-0.4, -0.2) is 50.7 Å². The van der Waals surface area contributed by atoms with Gasteiger partial charge in [-0.1, -0.05) is 6.07 Å². The van der Waals surface area contributed by atoms with Crippen molar-refractivity contribution in [2.24, 2.45) is 5.92 Å². The zero-order valence-electron chi connectivity index (χ0n) is 18.0. The van der Waals surface area contributed by atoms with Crippen LogP contribution in [0.1, 0.15) is 46.7 Å². The van der Waals surface area contributed by atoms with E-state index in [1.807, 2.05) is 13.8 Å². The molecule has 11 heteroatoms. The molecular weight excluding hydrogens is 460 g/mol. The Hall–Kier alpha value is -2.98. The fraction of sp³-hybridized carbons (Fsp3) is 0.409. The van der Waals surface area contributed by atoms with Gasteiger partial charge in [-0.25, -0.2) is 8.78 Å². The molecule has 1 fully saturated rings. The van der Waals surface area contributed by atoms with Crippen molar-refractivity contribution in [3.63, 3.8) is 0 Å². The third kappa shape index (κ3) is 3.97. The molecular formula is C22H24ClF2N3O5. The summed E-state index contributed by atoms with van der Waals surface area (Å²) < 4.78 is 28.3. The summed E-state index contributed by atoms with van der Waals surface area (Å²) in [5, 5.41) is 22.7. The SMILES string of the molecule is CC(C)N1CC2(CC2CO)n2cc(C(=O)NCc3ccc(F)cc3F)c(=O)c(O)c2C1=O.Cl. The van der Waals surface area contributed by atoms with E-state index in [0.29, 0.717) is 12.5 Å². The Morgan fingerprint density at radius 2 is 2.00 bits per heavy atom. The molecule has 2 heterocycles. The molecule has 1 spiro atoms. The van der Waals surface area contributed by atoms with E-state index in [2.05, 4.69) is 5.32 Å². The van der Waals surface area contributed by atoms with E-state index in [0.717, 1.165) is 6.07 Å². The van der Waals surface area contributed by atoms with Gasteiger partial charge in [0.25, 0.3) is 11.8 Å². The van der Waals surface area contributed by atoms with Crippen LogP contribution in [0, 0.1) is 17.6 Å². The Kier molecular flexibility index (Phi) is 6.54. The summed E-state index contributed by atoms with van der Waals surface area (Å²) in [5.41, 5.74) is -2.37. The van der Waals surface area contributed by atoms with Gasteiger partial charge in [-0.2, -0.15) is 0 Å². The van der Waals surface area contributed by atoms with Gasteiger partial charge in [0.2, 0.25) is 5.43 Å². The maximum atomic E-state index is 13.8. The lowest BCUT2D eigenvalue weighted by atomic mass is 10.0. The fourth-order valence-corrected chi connectivity index (χ4v) is 4.34. The molecule has 2 aliphatic rings. The van der Waals surface area contributed by atoms with Gasteiger partial charge in [-0.3, -0.25) is 14.4 Å². The van der Waals surface area contributed by atoms with Crippen molar-refractivity contribution >= 4 is 24.2 Å². The molecule has 1 aliphatic carbocycles. The van der Waals surface area contributed by atoms with Crippen LogP contribution in [0.15, 0.2) is 29.2 Å². The minimum Gasteiger partial charge on any atom is -0.503 e. The molecule has 0 bridgehead atoms. The summed E-state index contributed by atoms with van der Waals surface area (Å²) in [6.45, 7) is 3.42. The van der Waals surface area contributed by atoms with Gasteiger partial charge < -0.3 is 25.0 Å². The van der Waals surface area contributed by atoms with E-state index in [1.54, 1.807) is 0 Å². The smallest absolute Gasteiger partial charge is 0.274 e. The van der Waals surface area contributed by atoms with Gasteiger partial charge in [0, 0.05) is 49.5 Å². The summed E-state index contributed by atoms with van der Waals surface area (Å²) in [6, 6.07) is 2.70. The van der Waals surface area contributed by atoms with Crippen LogP contribution in [0.5, 0.6) is 5.75 Å². The Morgan fingerprint density at radius 1 is 1.30 bits per heavy atom. The molecule has 1 aromatic heterocycles. The number of amides is 2. The zero-order chi connectivity index (χ0) is 23.4. The number of aromatic nitrogens is 1. The van der Waals surface area contributed by atoms with Crippen LogP contribution in [-0.2, 0) is 12.1 Å². The van der Waals surface area contributed by atoms with Crippen LogP contribution < -0.4 is 10.7 Å². The number of hydrogen-bond acceptors (Lipinski definition) is 5. The monoisotopic (exact) mass is 483 g/mol. The number of nitrogens with zero attached hydrogens (tertiary/aromatic N) is 2. The average molecular weight is 484 g/mol. The summed E-state index contributed by atoms with van der Waals surface area (Å²) >= 11 is 0. The summed E-state index contributed by atoms with van der Waals surface area (Å²) in [5.74, 6) is -4.07. The Balaban J connectivity index is 0.00000306. The highest BCUT2D eigenvalue weighted by Crippen LogP contribution is 2.53. The predicted octanol–water partition coefficient (Wildman–Crippen LogP) is 1.76. The van der Waals surface area contributed by atoms with E-state index in [1.165, 1.54) is 21.7 Å². The number of pyridine rings is 1. The Labute approximate surface area is 194 Å². The summed E-state index contributed by atoms with van der Waals surface area (Å²) in [7, 11) is 0. The third-order valence-electron chi connectivity index (χ3n) is 6.31. The largest absolute Gasteiger partial charge is 0.503 e. The van der Waals surface area contributed by atoms with Crippen molar-refractivity contribution in [1.29, 1.82) is 0 Å². The molecule has 2 unspecified atom stereocenters. The molecule has 8 nitrogen and oxygen atoms in total. The first kappa shape index (κ1) is 24.7. The number of aromatic hydroxyl groups is 1. The van der Waals surface area contributed by atoms with Crippen molar-refractivity contribution < 1.29 is 28.6 Å². The molecule has 0 radical (unpaired) electrons. The number of nitrogens with one attached hydrogen (secondary N) is 1. The number of rotatable bonds is 5. The number of fused-ring (bicyclic) bond motifs is 2. The van der Waals surface area contributed by atoms with Gasteiger partial charge in [0.15, 0.2) is 11.4 Å². The maximum Gasteiger partial charge on any atom is 0.274 e. The highest BCUT2D eigenvalue weighted by Gasteiger charge is 2.60. The van der Waals surface area contributed by atoms with Gasteiger partial charge in [0.1, 0.15) is 17.2 Å². The van der Waals surface area contributed by atoms with Crippen LogP contribution >= 0.6 is 12.4 Å².